The van der Waals surface area contributed by atoms with E-state index in [-0.39, 0.29) is 17.2 Å². The molecule has 20 heavy (non-hydrogen) atoms. The Hall–Kier alpha value is -2.51. The van der Waals surface area contributed by atoms with E-state index in [1.807, 2.05) is 13.8 Å². The summed E-state index contributed by atoms with van der Waals surface area (Å²) in [5.41, 5.74) is -0.289. The molecule has 0 spiro atoms. The van der Waals surface area contributed by atoms with Crippen LogP contribution in [0.1, 0.15) is 24.5 Å². The van der Waals surface area contributed by atoms with Gasteiger partial charge in [-0.1, -0.05) is 13.8 Å². The van der Waals surface area contributed by atoms with E-state index in [4.69, 9.17) is 0 Å². The van der Waals surface area contributed by atoms with Crippen LogP contribution >= 0.6 is 0 Å². The molecule has 8 nitrogen and oxygen atoms in total. The normalized spacial score (nSPS) is 10.8. The quantitative estimate of drug-likeness (QED) is 0.745. The van der Waals surface area contributed by atoms with Crippen LogP contribution in [-0.2, 0) is 11.3 Å². The first-order valence-electron chi connectivity index (χ1n) is 6.08. The second kappa shape index (κ2) is 5.64. The predicted octanol–water partition coefficient (Wildman–Crippen LogP) is 0.267. The molecule has 0 bridgehead atoms. The Morgan fingerprint density at radius 3 is 2.80 bits per heavy atom. The van der Waals surface area contributed by atoms with Gasteiger partial charge < -0.3 is 9.30 Å². The van der Waals surface area contributed by atoms with Crippen LogP contribution in [0.25, 0.3) is 5.82 Å². The number of carbonyl (C=O) groups is 1. The van der Waals surface area contributed by atoms with E-state index >= 15 is 0 Å². The Morgan fingerprint density at radius 2 is 2.15 bits per heavy atom. The molecule has 0 aliphatic heterocycles. The highest BCUT2D eigenvalue weighted by Gasteiger charge is 2.15. The van der Waals surface area contributed by atoms with Crippen molar-refractivity contribution in [2.24, 2.45) is 5.92 Å². The highest BCUT2D eigenvalue weighted by Crippen LogP contribution is 2.00. The number of aromatic nitrogens is 5. The third-order valence-corrected chi connectivity index (χ3v) is 2.53. The summed E-state index contributed by atoms with van der Waals surface area (Å²) in [7, 11) is 1.24. The molecule has 0 fully saturated rings. The molecule has 0 amide bonds. The lowest BCUT2D eigenvalue weighted by Gasteiger charge is -2.09. The van der Waals surface area contributed by atoms with Gasteiger partial charge in [-0.3, -0.25) is 4.79 Å². The molecule has 2 heterocycles. The molecule has 0 saturated heterocycles. The highest BCUT2D eigenvalue weighted by molar-refractivity contribution is 5.84. The molecule has 0 aromatic carbocycles. The van der Waals surface area contributed by atoms with Crippen molar-refractivity contribution in [1.82, 2.24) is 24.3 Å². The van der Waals surface area contributed by atoms with E-state index in [9.17, 15) is 9.59 Å². The number of rotatable bonds is 4. The minimum absolute atomic E-state index is 0.0933. The molecule has 0 saturated carbocycles. The van der Waals surface area contributed by atoms with Crippen LogP contribution < -0.4 is 5.56 Å². The first-order chi connectivity index (χ1) is 9.52. The van der Waals surface area contributed by atoms with Crippen molar-refractivity contribution in [3.05, 3.63) is 34.9 Å². The summed E-state index contributed by atoms with van der Waals surface area (Å²) in [4.78, 5) is 31.3. The Kier molecular flexibility index (Phi) is 3.92. The van der Waals surface area contributed by atoms with Gasteiger partial charge in [-0.25, -0.2) is 14.8 Å². The van der Waals surface area contributed by atoms with Crippen molar-refractivity contribution in [2.75, 3.05) is 7.11 Å². The average molecular weight is 277 g/mol. The number of hydrogen-bond donors (Lipinski definition) is 0. The van der Waals surface area contributed by atoms with Gasteiger partial charge in [0.25, 0.3) is 11.4 Å². The van der Waals surface area contributed by atoms with Crippen LogP contribution in [0.4, 0.5) is 0 Å². The summed E-state index contributed by atoms with van der Waals surface area (Å²) < 4.78 is 7.23. The number of ether oxygens (including phenoxy) is 1. The summed E-state index contributed by atoms with van der Waals surface area (Å²) >= 11 is 0. The SMILES string of the molecule is COC(=O)c1ncn(-c2nccn(CC(C)C)c2=O)n1. The molecule has 0 N–H and O–H groups in total. The summed E-state index contributed by atoms with van der Waals surface area (Å²) in [6.45, 7) is 4.60. The average Bonchev–Trinajstić information content (AvgIpc) is 2.89. The van der Waals surface area contributed by atoms with Crippen LogP contribution in [0.15, 0.2) is 23.5 Å². The molecule has 0 atom stereocenters. The van der Waals surface area contributed by atoms with Gasteiger partial charge in [-0.15, -0.1) is 5.10 Å². The molecule has 2 aromatic heterocycles. The predicted molar refractivity (Wildman–Crippen MR) is 69.6 cm³/mol. The van der Waals surface area contributed by atoms with Crippen molar-refractivity contribution >= 4 is 5.97 Å². The number of nitrogens with zero attached hydrogens (tertiary/aromatic N) is 5. The first kappa shape index (κ1) is 13.9. The fraction of sp³-hybridized carbons (Fsp3) is 0.417. The molecule has 0 aliphatic carbocycles. The smallest absolute Gasteiger partial charge is 0.377 e. The summed E-state index contributed by atoms with van der Waals surface area (Å²) in [5.74, 6) is -0.365. The van der Waals surface area contributed by atoms with E-state index in [2.05, 4.69) is 19.8 Å². The molecule has 2 rings (SSSR count). The van der Waals surface area contributed by atoms with Gasteiger partial charge in [0.1, 0.15) is 6.33 Å². The zero-order valence-corrected chi connectivity index (χ0v) is 11.5. The van der Waals surface area contributed by atoms with Gasteiger partial charge in [0, 0.05) is 18.9 Å². The molecular formula is C12H15N5O3. The largest absolute Gasteiger partial charge is 0.463 e. The second-order valence-corrected chi connectivity index (χ2v) is 4.61. The van der Waals surface area contributed by atoms with Gasteiger partial charge in [0.05, 0.1) is 7.11 Å². The van der Waals surface area contributed by atoms with E-state index in [0.717, 1.165) is 0 Å². The standard InChI is InChI=1S/C12H15N5O3/c1-8(2)6-16-5-4-13-10(11(16)18)17-7-14-9(15-17)12(19)20-3/h4-5,7-8H,6H2,1-3H3. The van der Waals surface area contributed by atoms with Crippen molar-refractivity contribution in [1.29, 1.82) is 0 Å². The van der Waals surface area contributed by atoms with E-state index in [0.29, 0.717) is 12.5 Å². The zero-order valence-electron chi connectivity index (χ0n) is 11.5. The van der Waals surface area contributed by atoms with E-state index in [1.165, 1.54) is 24.3 Å². The fourth-order valence-electron chi connectivity index (χ4n) is 1.68. The molecule has 2 aromatic rings. The van der Waals surface area contributed by atoms with Gasteiger partial charge >= 0.3 is 5.97 Å². The van der Waals surface area contributed by atoms with Crippen molar-refractivity contribution in [3.8, 4) is 5.82 Å². The number of esters is 1. The van der Waals surface area contributed by atoms with Crippen molar-refractivity contribution in [3.63, 3.8) is 0 Å². The maximum atomic E-state index is 12.2. The van der Waals surface area contributed by atoms with Gasteiger partial charge in [0.2, 0.25) is 5.82 Å². The van der Waals surface area contributed by atoms with Gasteiger partial charge in [-0.2, -0.15) is 4.68 Å². The highest BCUT2D eigenvalue weighted by atomic mass is 16.5. The topological polar surface area (TPSA) is 91.9 Å². The van der Waals surface area contributed by atoms with Gasteiger partial charge in [0.15, 0.2) is 0 Å². The van der Waals surface area contributed by atoms with Crippen molar-refractivity contribution < 1.29 is 9.53 Å². The molecular weight excluding hydrogens is 262 g/mol. The molecule has 0 radical (unpaired) electrons. The Balaban J connectivity index is 2.40. The number of carbonyl (C=O) groups excluding carboxylic acids is 1. The Labute approximate surface area is 115 Å². The van der Waals surface area contributed by atoms with E-state index < -0.39 is 5.97 Å². The minimum Gasteiger partial charge on any atom is -0.463 e. The maximum absolute atomic E-state index is 12.2. The molecule has 0 aliphatic rings. The van der Waals surface area contributed by atoms with Crippen LogP contribution in [0.2, 0.25) is 0 Å². The minimum atomic E-state index is -0.665. The monoisotopic (exact) mass is 277 g/mol. The van der Waals surface area contributed by atoms with Crippen LogP contribution in [0.5, 0.6) is 0 Å². The lowest BCUT2D eigenvalue weighted by molar-refractivity contribution is 0.0587. The van der Waals surface area contributed by atoms with Gasteiger partial charge in [-0.05, 0) is 5.92 Å². The summed E-state index contributed by atoms with van der Waals surface area (Å²) in [6.07, 6.45) is 4.39. The maximum Gasteiger partial charge on any atom is 0.377 e. The Morgan fingerprint density at radius 1 is 1.40 bits per heavy atom. The lowest BCUT2D eigenvalue weighted by atomic mass is 10.2. The third-order valence-electron chi connectivity index (χ3n) is 2.53. The second-order valence-electron chi connectivity index (χ2n) is 4.61. The zero-order chi connectivity index (χ0) is 14.7. The van der Waals surface area contributed by atoms with E-state index in [1.54, 1.807) is 10.8 Å². The van der Waals surface area contributed by atoms with Crippen LogP contribution in [0.3, 0.4) is 0 Å². The molecule has 106 valence electrons. The van der Waals surface area contributed by atoms with Crippen LogP contribution in [0, 0.1) is 5.92 Å². The fourth-order valence-corrected chi connectivity index (χ4v) is 1.68. The van der Waals surface area contributed by atoms with Crippen LogP contribution in [-0.4, -0.2) is 37.4 Å². The van der Waals surface area contributed by atoms with Crippen molar-refractivity contribution in [2.45, 2.75) is 20.4 Å². The Bertz CT molecular complexity index is 674. The number of hydrogen-bond acceptors (Lipinski definition) is 6. The third kappa shape index (κ3) is 2.73. The molecule has 8 heteroatoms. The summed E-state index contributed by atoms with van der Waals surface area (Å²) in [6, 6.07) is 0. The molecule has 0 unspecified atom stereocenters. The number of methoxy groups -OCH3 is 1. The summed E-state index contributed by atoms with van der Waals surface area (Å²) in [5, 5.41) is 3.89. The lowest BCUT2D eigenvalue weighted by Crippen LogP contribution is -2.27. The first-order valence-corrected chi connectivity index (χ1v) is 6.08.